The lowest BCUT2D eigenvalue weighted by atomic mass is 10.1. The first kappa shape index (κ1) is 20.6. The molecule has 0 fully saturated rings. The van der Waals surface area contributed by atoms with Crippen molar-refractivity contribution in [3.63, 3.8) is 0 Å². The number of aryl methyl sites for hydroxylation is 1. The van der Waals surface area contributed by atoms with Gasteiger partial charge in [-0.15, -0.1) is 16.8 Å². The molecule has 3 rings (SSSR count). The fourth-order valence-electron chi connectivity index (χ4n) is 2.73. The average molecular weight is 410 g/mol. The van der Waals surface area contributed by atoms with Gasteiger partial charge in [0.2, 0.25) is 5.91 Å². The van der Waals surface area contributed by atoms with Crippen LogP contribution in [0.1, 0.15) is 30.0 Å². The largest absolute Gasteiger partial charge is 0.469 e. The predicted octanol–water partition coefficient (Wildman–Crippen LogP) is 4.35. The van der Waals surface area contributed by atoms with Crippen LogP contribution in [0.2, 0.25) is 0 Å². The summed E-state index contributed by atoms with van der Waals surface area (Å²) >= 11 is 1.31. The first-order valence-corrected chi connectivity index (χ1v) is 9.95. The minimum absolute atomic E-state index is 0.0166. The molecule has 3 aromatic rings. The standard InChI is InChI=1S/C21H22N4O3S/c1-5-11-25-19(18-10-12-28-14(18)3)23-24-21(25)29-15(4)20(27)22-17-8-6-16(7-9-17)13(2)26/h5-10,12,15H,1,11H2,2-4H3,(H,22,27)/t15-/m0/s1. The molecule has 0 aliphatic rings. The maximum Gasteiger partial charge on any atom is 0.237 e. The Morgan fingerprint density at radius 2 is 2.00 bits per heavy atom. The number of thioether (sulfide) groups is 1. The lowest BCUT2D eigenvalue weighted by Crippen LogP contribution is -2.23. The van der Waals surface area contributed by atoms with Crippen LogP contribution in [0, 0.1) is 6.92 Å². The fraction of sp³-hybridized carbons (Fsp3) is 0.238. The van der Waals surface area contributed by atoms with Crippen molar-refractivity contribution in [3.8, 4) is 11.4 Å². The molecule has 1 atom stereocenters. The Morgan fingerprint density at radius 3 is 2.59 bits per heavy atom. The summed E-state index contributed by atoms with van der Waals surface area (Å²) in [6, 6.07) is 8.65. The first-order chi connectivity index (χ1) is 13.9. The number of anilines is 1. The molecule has 7 nitrogen and oxygen atoms in total. The first-order valence-electron chi connectivity index (χ1n) is 9.07. The lowest BCUT2D eigenvalue weighted by molar-refractivity contribution is -0.115. The third-order valence-electron chi connectivity index (χ3n) is 4.34. The molecule has 29 heavy (non-hydrogen) atoms. The van der Waals surface area contributed by atoms with Gasteiger partial charge in [0.15, 0.2) is 16.8 Å². The third kappa shape index (κ3) is 4.65. The predicted molar refractivity (Wildman–Crippen MR) is 113 cm³/mol. The number of carbonyl (C=O) groups is 2. The van der Waals surface area contributed by atoms with Crippen LogP contribution in [0.4, 0.5) is 5.69 Å². The average Bonchev–Trinajstić information content (AvgIpc) is 3.28. The van der Waals surface area contributed by atoms with Gasteiger partial charge >= 0.3 is 0 Å². The Morgan fingerprint density at radius 1 is 1.28 bits per heavy atom. The number of rotatable bonds is 8. The van der Waals surface area contributed by atoms with Crippen molar-refractivity contribution in [3.05, 3.63) is 60.6 Å². The maximum absolute atomic E-state index is 12.6. The maximum atomic E-state index is 12.6. The molecule has 2 heterocycles. The van der Waals surface area contributed by atoms with E-state index in [9.17, 15) is 9.59 Å². The zero-order valence-corrected chi connectivity index (χ0v) is 17.3. The van der Waals surface area contributed by atoms with E-state index >= 15 is 0 Å². The molecule has 8 heteroatoms. The molecule has 0 unspecified atom stereocenters. The lowest BCUT2D eigenvalue weighted by Gasteiger charge is -2.13. The van der Waals surface area contributed by atoms with E-state index in [0.717, 1.165) is 11.3 Å². The van der Waals surface area contributed by atoms with Crippen LogP contribution in [-0.2, 0) is 11.3 Å². The highest BCUT2D eigenvalue weighted by Crippen LogP contribution is 2.29. The molecule has 1 aromatic carbocycles. The molecule has 0 saturated carbocycles. The topological polar surface area (TPSA) is 90.0 Å². The van der Waals surface area contributed by atoms with Crippen molar-refractivity contribution in [2.24, 2.45) is 0 Å². The van der Waals surface area contributed by atoms with Crippen molar-refractivity contribution in [1.82, 2.24) is 14.8 Å². The van der Waals surface area contributed by atoms with Crippen molar-refractivity contribution >= 4 is 29.1 Å². The molecular formula is C21H22N4O3S. The number of nitrogens with zero attached hydrogens (tertiary/aromatic N) is 3. The van der Waals surface area contributed by atoms with Gasteiger partial charge in [-0.3, -0.25) is 14.2 Å². The summed E-state index contributed by atoms with van der Waals surface area (Å²) in [4.78, 5) is 24.0. The number of nitrogens with one attached hydrogen (secondary N) is 1. The zero-order valence-electron chi connectivity index (χ0n) is 16.5. The fourth-order valence-corrected chi connectivity index (χ4v) is 3.59. The summed E-state index contributed by atoms with van der Waals surface area (Å²) in [7, 11) is 0. The monoisotopic (exact) mass is 410 g/mol. The zero-order chi connectivity index (χ0) is 21.0. The van der Waals surface area contributed by atoms with Gasteiger partial charge in [0.25, 0.3) is 0 Å². The summed E-state index contributed by atoms with van der Waals surface area (Å²) in [5, 5.41) is 11.6. The van der Waals surface area contributed by atoms with Gasteiger partial charge in [-0.2, -0.15) is 0 Å². The summed E-state index contributed by atoms with van der Waals surface area (Å²) in [6.07, 6.45) is 3.37. The molecule has 0 radical (unpaired) electrons. The van der Waals surface area contributed by atoms with Crippen LogP contribution < -0.4 is 5.32 Å². The number of ketones is 1. The Balaban J connectivity index is 1.74. The smallest absolute Gasteiger partial charge is 0.237 e. The van der Waals surface area contributed by atoms with Gasteiger partial charge in [0, 0.05) is 17.8 Å². The van der Waals surface area contributed by atoms with E-state index in [4.69, 9.17) is 4.42 Å². The molecule has 0 aliphatic heterocycles. The van der Waals surface area contributed by atoms with Gasteiger partial charge in [0.05, 0.1) is 17.1 Å². The van der Waals surface area contributed by atoms with Crippen molar-refractivity contribution in [2.45, 2.75) is 37.7 Å². The molecule has 0 spiro atoms. The third-order valence-corrected chi connectivity index (χ3v) is 5.42. The SMILES string of the molecule is C=CCn1c(S[C@@H](C)C(=O)Nc2ccc(C(C)=O)cc2)nnc1-c1ccoc1C. The number of amides is 1. The van der Waals surface area contributed by atoms with E-state index in [1.54, 1.807) is 43.5 Å². The summed E-state index contributed by atoms with van der Waals surface area (Å²) in [5.74, 6) is 1.24. The van der Waals surface area contributed by atoms with E-state index in [0.29, 0.717) is 28.8 Å². The number of furan rings is 1. The second-order valence-electron chi connectivity index (χ2n) is 6.48. The quantitative estimate of drug-likeness (QED) is 0.337. The number of benzene rings is 1. The van der Waals surface area contributed by atoms with Crippen LogP contribution in [0.15, 0.2) is 58.8 Å². The number of hydrogen-bond acceptors (Lipinski definition) is 6. The second kappa shape index (κ2) is 8.91. The van der Waals surface area contributed by atoms with Gasteiger partial charge in [-0.1, -0.05) is 17.8 Å². The molecule has 0 saturated heterocycles. The van der Waals surface area contributed by atoms with Crippen molar-refractivity contribution < 1.29 is 14.0 Å². The summed E-state index contributed by atoms with van der Waals surface area (Å²) in [5.41, 5.74) is 2.09. The minimum Gasteiger partial charge on any atom is -0.469 e. The Hall–Kier alpha value is -3.13. The van der Waals surface area contributed by atoms with E-state index in [1.807, 2.05) is 17.6 Å². The molecule has 150 valence electrons. The van der Waals surface area contributed by atoms with Gasteiger partial charge in [0.1, 0.15) is 5.76 Å². The van der Waals surface area contributed by atoms with Crippen LogP contribution in [0.5, 0.6) is 0 Å². The molecular weight excluding hydrogens is 388 g/mol. The molecule has 1 amide bonds. The highest BCUT2D eigenvalue weighted by Gasteiger charge is 2.22. The Bertz CT molecular complexity index is 1040. The van der Waals surface area contributed by atoms with Crippen molar-refractivity contribution in [1.29, 1.82) is 0 Å². The van der Waals surface area contributed by atoms with E-state index < -0.39 is 5.25 Å². The molecule has 2 aromatic heterocycles. The van der Waals surface area contributed by atoms with E-state index in [1.165, 1.54) is 18.7 Å². The van der Waals surface area contributed by atoms with Gasteiger partial charge < -0.3 is 9.73 Å². The van der Waals surface area contributed by atoms with Crippen molar-refractivity contribution in [2.75, 3.05) is 5.32 Å². The normalized spacial score (nSPS) is 11.8. The van der Waals surface area contributed by atoms with E-state index in [2.05, 4.69) is 22.1 Å². The van der Waals surface area contributed by atoms with Gasteiger partial charge in [-0.25, -0.2) is 0 Å². The number of carbonyl (C=O) groups excluding carboxylic acids is 2. The molecule has 1 N–H and O–H groups in total. The van der Waals surface area contributed by atoms with E-state index in [-0.39, 0.29) is 11.7 Å². The van der Waals surface area contributed by atoms with Crippen LogP contribution in [-0.4, -0.2) is 31.7 Å². The Kier molecular flexibility index (Phi) is 6.33. The van der Waals surface area contributed by atoms with Crippen LogP contribution in [0.3, 0.4) is 0 Å². The summed E-state index contributed by atoms with van der Waals surface area (Å²) < 4.78 is 7.27. The molecule has 0 aliphatic carbocycles. The second-order valence-corrected chi connectivity index (χ2v) is 7.79. The minimum atomic E-state index is -0.409. The highest BCUT2D eigenvalue weighted by atomic mass is 32.2. The van der Waals surface area contributed by atoms with Crippen LogP contribution in [0.25, 0.3) is 11.4 Å². The molecule has 0 bridgehead atoms. The number of aromatic nitrogens is 3. The number of allylic oxidation sites excluding steroid dienone is 1. The van der Waals surface area contributed by atoms with Crippen LogP contribution >= 0.6 is 11.8 Å². The Labute approximate surface area is 173 Å². The summed E-state index contributed by atoms with van der Waals surface area (Å²) in [6.45, 7) is 9.48. The van der Waals surface area contributed by atoms with Gasteiger partial charge in [-0.05, 0) is 51.1 Å². The number of Topliss-reactive ketones (excluding diaryl/α,β-unsaturated/α-hetero) is 1. The highest BCUT2D eigenvalue weighted by molar-refractivity contribution is 8.00. The number of hydrogen-bond donors (Lipinski definition) is 1.